The number of nitrogens with zero attached hydrogens (tertiary/aromatic N) is 1. The Bertz CT molecular complexity index is 343. The SMILES string of the molecule is CC1(C(=O)O)CCN(C(=O)CC2CCNCC2)CC1. The molecule has 0 aliphatic carbocycles. The van der Waals surface area contributed by atoms with Gasteiger partial charge >= 0.3 is 5.97 Å². The Balaban J connectivity index is 1.80. The molecule has 0 spiro atoms. The molecule has 19 heavy (non-hydrogen) atoms. The molecule has 2 fully saturated rings. The number of piperidine rings is 2. The van der Waals surface area contributed by atoms with Crippen molar-refractivity contribution in [3.8, 4) is 0 Å². The van der Waals surface area contributed by atoms with E-state index in [2.05, 4.69) is 5.32 Å². The van der Waals surface area contributed by atoms with Crippen LogP contribution in [0.5, 0.6) is 0 Å². The third kappa shape index (κ3) is 3.47. The van der Waals surface area contributed by atoms with E-state index < -0.39 is 11.4 Å². The molecule has 2 aliphatic heterocycles. The molecule has 0 aromatic rings. The number of rotatable bonds is 3. The number of hydrogen-bond acceptors (Lipinski definition) is 3. The number of hydrogen-bond donors (Lipinski definition) is 2. The lowest BCUT2D eigenvalue weighted by molar-refractivity contribution is -0.153. The van der Waals surface area contributed by atoms with Crippen LogP contribution in [-0.2, 0) is 9.59 Å². The standard InChI is InChI=1S/C14H24N2O3/c1-14(13(18)19)4-8-16(9-5-14)12(17)10-11-2-6-15-7-3-11/h11,15H,2-10H2,1H3,(H,18,19). The molecule has 1 amide bonds. The molecule has 2 N–H and O–H groups in total. The maximum Gasteiger partial charge on any atom is 0.309 e. The van der Waals surface area contributed by atoms with E-state index >= 15 is 0 Å². The van der Waals surface area contributed by atoms with Gasteiger partial charge < -0.3 is 15.3 Å². The maximum absolute atomic E-state index is 12.2. The van der Waals surface area contributed by atoms with Crippen LogP contribution < -0.4 is 5.32 Å². The average molecular weight is 268 g/mol. The first-order valence-electron chi connectivity index (χ1n) is 7.23. The number of nitrogens with one attached hydrogen (secondary N) is 1. The van der Waals surface area contributed by atoms with Gasteiger partial charge in [0.1, 0.15) is 0 Å². The molecular weight excluding hydrogens is 244 g/mol. The van der Waals surface area contributed by atoms with Gasteiger partial charge in [0.15, 0.2) is 0 Å². The molecule has 2 saturated heterocycles. The zero-order valence-electron chi connectivity index (χ0n) is 11.7. The molecule has 2 rings (SSSR count). The van der Waals surface area contributed by atoms with Crippen LogP contribution in [0.25, 0.3) is 0 Å². The van der Waals surface area contributed by atoms with E-state index in [1.54, 1.807) is 6.92 Å². The second-order valence-corrected chi connectivity index (χ2v) is 6.14. The van der Waals surface area contributed by atoms with Crippen LogP contribution in [-0.4, -0.2) is 48.1 Å². The highest BCUT2D eigenvalue weighted by molar-refractivity contribution is 5.78. The van der Waals surface area contributed by atoms with Gasteiger partial charge in [0.2, 0.25) is 5.91 Å². The maximum atomic E-state index is 12.2. The first kappa shape index (κ1) is 14.3. The van der Waals surface area contributed by atoms with Crippen molar-refractivity contribution in [3.63, 3.8) is 0 Å². The quantitative estimate of drug-likeness (QED) is 0.804. The van der Waals surface area contributed by atoms with Crippen LogP contribution in [0.4, 0.5) is 0 Å². The fourth-order valence-corrected chi connectivity index (χ4v) is 2.93. The number of aliphatic carboxylic acids is 1. The normalized spacial score (nSPS) is 24.2. The van der Waals surface area contributed by atoms with E-state index in [-0.39, 0.29) is 5.91 Å². The van der Waals surface area contributed by atoms with E-state index in [1.165, 1.54) is 0 Å². The fraction of sp³-hybridized carbons (Fsp3) is 0.857. The minimum Gasteiger partial charge on any atom is -0.481 e. The Morgan fingerprint density at radius 1 is 1.26 bits per heavy atom. The highest BCUT2D eigenvalue weighted by Gasteiger charge is 2.38. The van der Waals surface area contributed by atoms with Gasteiger partial charge in [-0.05, 0) is 51.6 Å². The van der Waals surface area contributed by atoms with Crippen LogP contribution in [0.1, 0.15) is 39.0 Å². The minimum absolute atomic E-state index is 0.208. The Hall–Kier alpha value is -1.10. The highest BCUT2D eigenvalue weighted by Crippen LogP contribution is 2.31. The number of carboxylic acids is 1. The smallest absolute Gasteiger partial charge is 0.309 e. The molecular formula is C14H24N2O3. The molecule has 0 unspecified atom stereocenters. The van der Waals surface area contributed by atoms with Crippen molar-refractivity contribution in [2.24, 2.45) is 11.3 Å². The lowest BCUT2D eigenvalue weighted by atomic mass is 9.80. The Labute approximate surface area is 114 Å². The molecule has 108 valence electrons. The Morgan fingerprint density at radius 3 is 2.37 bits per heavy atom. The van der Waals surface area contributed by atoms with Gasteiger partial charge in [-0.25, -0.2) is 0 Å². The predicted octanol–water partition coefficient (Wildman–Crippen LogP) is 1.09. The molecule has 0 radical (unpaired) electrons. The lowest BCUT2D eigenvalue weighted by Gasteiger charge is -2.37. The van der Waals surface area contributed by atoms with Gasteiger partial charge in [0.25, 0.3) is 0 Å². The van der Waals surface area contributed by atoms with Crippen molar-refractivity contribution in [2.75, 3.05) is 26.2 Å². The van der Waals surface area contributed by atoms with Crippen LogP contribution in [0.15, 0.2) is 0 Å². The second-order valence-electron chi connectivity index (χ2n) is 6.14. The fourth-order valence-electron chi connectivity index (χ4n) is 2.93. The first-order valence-corrected chi connectivity index (χ1v) is 7.23. The predicted molar refractivity (Wildman–Crippen MR) is 71.8 cm³/mol. The van der Waals surface area contributed by atoms with E-state index in [4.69, 9.17) is 0 Å². The van der Waals surface area contributed by atoms with Gasteiger partial charge in [-0.2, -0.15) is 0 Å². The molecule has 0 aromatic carbocycles. The summed E-state index contributed by atoms with van der Waals surface area (Å²) in [6.45, 7) is 4.98. The van der Waals surface area contributed by atoms with Crippen molar-refractivity contribution in [3.05, 3.63) is 0 Å². The van der Waals surface area contributed by atoms with Crippen LogP contribution in [0.2, 0.25) is 0 Å². The van der Waals surface area contributed by atoms with E-state index in [9.17, 15) is 14.7 Å². The largest absolute Gasteiger partial charge is 0.481 e. The molecule has 0 bridgehead atoms. The van der Waals surface area contributed by atoms with Crippen LogP contribution in [0, 0.1) is 11.3 Å². The first-order chi connectivity index (χ1) is 9.01. The molecule has 2 heterocycles. The molecule has 5 heteroatoms. The summed E-state index contributed by atoms with van der Waals surface area (Å²) < 4.78 is 0. The van der Waals surface area contributed by atoms with Crippen LogP contribution >= 0.6 is 0 Å². The zero-order valence-corrected chi connectivity index (χ0v) is 11.7. The summed E-state index contributed by atoms with van der Waals surface area (Å²) in [5.74, 6) is -0.0289. The Kier molecular flexibility index (Phi) is 4.45. The summed E-state index contributed by atoms with van der Waals surface area (Å²) in [6.07, 6.45) is 3.92. The van der Waals surface area contributed by atoms with Crippen molar-refractivity contribution >= 4 is 11.9 Å². The lowest BCUT2D eigenvalue weighted by Crippen LogP contribution is -2.45. The van der Waals surface area contributed by atoms with Gasteiger partial charge in [0, 0.05) is 19.5 Å². The van der Waals surface area contributed by atoms with Gasteiger partial charge in [-0.3, -0.25) is 9.59 Å². The van der Waals surface area contributed by atoms with Gasteiger partial charge in [-0.15, -0.1) is 0 Å². The summed E-state index contributed by atoms with van der Waals surface area (Å²) in [7, 11) is 0. The van der Waals surface area contributed by atoms with Crippen molar-refractivity contribution in [1.29, 1.82) is 0 Å². The molecule has 2 aliphatic rings. The van der Waals surface area contributed by atoms with Gasteiger partial charge in [0.05, 0.1) is 5.41 Å². The van der Waals surface area contributed by atoms with E-state index in [0.29, 0.717) is 38.3 Å². The number of carboxylic acid groups (broad SMARTS) is 1. The zero-order chi connectivity index (χ0) is 13.9. The van der Waals surface area contributed by atoms with Crippen LogP contribution in [0.3, 0.4) is 0 Å². The summed E-state index contributed by atoms with van der Waals surface area (Å²) in [5, 5.41) is 12.5. The number of carbonyl (C=O) groups excluding carboxylic acids is 1. The monoisotopic (exact) mass is 268 g/mol. The summed E-state index contributed by atoms with van der Waals surface area (Å²) in [5.41, 5.74) is -0.647. The summed E-state index contributed by atoms with van der Waals surface area (Å²) in [6, 6.07) is 0. The number of carbonyl (C=O) groups is 2. The van der Waals surface area contributed by atoms with Crippen molar-refractivity contribution in [2.45, 2.75) is 39.0 Å². The van der Waals surface area contributed by atoms with Crippen molar-refractivity contribution < 1.29 is 14.7 Å². The third-order valence-electron chi connectivity index (χ3n) is 4.66. The molecule has 0 atom stereocenters. The summed E-state index contributed by atoms with van der Waals surface area (Å²) in [4.78, 5) is 25.2. The Morgan fingerprint density at radius 2 is 1.84 bits per heavy atom. The molecule has 5 nitrogen and oxygen atoms in total. The summed E-state index contributed by atoms with van der Waals surface area (Å²) >= 11 is 0. The third-order valence-corrected chi connectivity index (χ3v) is 4.66. The highest BCUT2D eigenvalue weighted by atomic mass is 16.4. The topological polar surface area (TPSA) is 69.6 Å². The number of likely N-dealkylation sites (tertiary alicyclic amines) is 1. The molecule has 0 saturated carbocycles. The van der Waals surface area contributed by atoms with E-state index in [0.717, 1.165) is 25.9 Å². The second kappa shape index (κ2) is 5.90. The van der Waals surface area contributed by atoms with Gasteiger partial charge in [-0.1, -0.05) is 0 Å². The minimum atomic E-state index is -0.738. The molecule has 0 aromatic heterocycles. The number of amides is 1. The average Bonchev–Trinajstić information content (AvgIpc) is 2.40. The van der Waals surface area contributed by atoms with E-state index in [1.807, 2.05) is 4.90 Å². The van der Waals surface area contributed by atoms with Crippen molar-refractivity contribution in [1.82, 2.24) is 10.2 Å².